The van der Waals surface area contributed by atoms with Gasteiger partial charge in [0.25, 0.3) is 0 Å². The van der Waals surface area contributed by atoms with Gasteiger partial charge in [0.15, 0.2) is 11.5 Å². The van der Waals surface area contributed by atoms with E-state index in [4.69, 9.17) is 19.9 Å². The first-order valence-corrected chi connectivity index (χ1v) is 9.28. The van der Waals surface area contributed by atoms with E-state index < -0.39 is 17.7 Å². The summed E-state index contributed by atoms with van der Waals surface area (Å²) < 4.78 is 53.5. The number of ketones is 1. The fraction of sp³-hybridized carbons (Fsp3) is 0.263. The molecule has 1 heterocycles. The molecule has 31 heavy (non-hydrogen) atoms. The molecular formula is C19H15F3N4O4S. The minimum atomic E-state index is -5.03. The molecule has 0 bridgehead atoms. The van der Waals surface area contributed by atoms with Crippen molar-refractivity contribution in [2.75, 3.05) is 32.8 Å². The topological polar surface area (TPSA) is 131 Å². The zero-order chi connectivity index (χ0) is 23.3. The van der Waals surface area contributed by atoms with E-state index in [1.165, 1.54) is 33.5 Å². The molecule has 0 radical (unpaired) electrons. The second-order valence-electron chi connectivity index (χ2n) is 5.77. The first-order valence-electron chi connectivity index (χ1n) is 8.29. The Kier molecular flexibility index (Phi) is 7.20. The van der Waals surface area contributed by atoms with Gasteiger partial charge in [-0.1, -0.05) is 11.8 Å². The van der Waals surface area contributed by atoms with Gasteiger partial charge in [0, 0.05) is 5.56 Å². The molecule has 8 nitrogen and oxygen atoms in total. The van der Waals surface area contributed by atoms with Crippen molar-refractivity contribution in [3.05, 3.63) is 23.3 Å². The lowest BCUT2D eigenvalue weighted by atomic mass is 9.96. The first kappa shape index (κ1) is 23.6. The van der Waals surface area contributed by atoms with Crippen LogP contribution in [0.3, 0.4) is 0 Å². The molecule has 0 saturated heterocycles. The largest absolute Gasteiger partial charge is 0.493 e. The summed E-state index contributed by atoms with van der Waals surface area (Å²) in [5.74, 6) is -2.65. The van der Waals surface area contributed by atoms with Gasteiger partial charge in [0.2, 0.25) is 11.5 Å². The first-order chi connectivity index (χ1) is 14.6. The number of hydrogen-bond donors (Lipinski definition) is 1. The number of alkyl halides is 3. The summed E-state index contributed by atoms with van der Waals surface area (Å²) in [6, 6.07) is 6.59. The molecule has 0 aliphatic rings. The molecule has 2 N–H and O–H groups in total. The lowest BCUT2D eigenvalue weighted by Crippen LogP contribution is -2.24. The highest BCUT2D eigenvalue weighted by atomic mass is 32.2. The Morgan fingerprint density at radius 2 is 1.65 bits per heavy atom. The average Bonchev–Trinajstić information content (AvgIpc) is 2.74. The molecule has 1 aromatic carbocycles. The number of nitriles is 2. The Morgan fingerprint density at radius 3 is 2.06 bits per heavy atom. The number of nitrogen functional groups attached to an aromatic ring is 1. The Labute approximate surface area is 179 Å². The molecule has 0 spiro atoms. The van der Waals surface area contributed by atoms with Gasteiger partial charge in [-0.15, -0.1) is 0 Å². The number of thioether (sulfide) groups is 1. The molecule has 0 aliphatic heterocycles. The number of pyridine rings is 1. The van der Waals surface area contributed by atoms with Gasteiger partial charge < -0.3 is 19.9 Å². The predicted octanol–water partition coefficient (Wildman–Crippen LogP) is 3.32. The number of ether oxygens (including phenoxy) is 3. The number of Topliss-reactive ketones (excluding diaryl/α,β-unsaturated/α-hetero) is 1. The summed E-state index contributed by atoms with van der Waals surface area (Å²) in [7, 11) is 4.11. The molecule has 12 heteroatoms. The molecule has 0 fully saturated rings. The summed E-state index contributed by atoms with van der Waals surface area (Å²) in [5, 5.41) is 19.1. The second kappa shape index (κ2) is 9.45. The highest BCUT2D eigenvalue weighted by Gasteiger charge is 2.38. The Balaban J connectivity index is 2.76. The Hall–Kier alpha value is -3.64. The zero-order valence-corrected chi connectivity index (χ0v) is 17.3. The number of hydrogen-bond acceptors (Lipinski definition) is 9. The van der Waals surface area contributed by atoms with Gasteiger partial charge in [-0.3, -0.25) is 4.79 Å². The smallest absolute Gasteiger partial charge is 0.450 e. The molecule has 0 saturated carbocycles. The normalized spacial score (nSPS) is 10.7. The maximum Gasteiger partial charge on any atom is 0.450 e. The molecular weight excluding hydrogens is 437 g/mol. The maximum atomic E-state index is 12.6. The molecule has 0 aliphatic carbocycles. The highest BCUT2D eigenvalue weighted by Crippen LogP contribution is 2.44. The van der Waals surface area contributed by atoms with Crippen LogP contribution < -0.4 is 19.9 Å². The third kappa shape index (κ3) is 4.75. The predicted molar refractivity (Wildman–Crippen MR) is 105 cm³/mol. The molecule has 0 unspecified atom stereocenters. The number of rotatable bonds is 7. The van der Waals surface area contributed by atoms with Crippen molar-refractivity contribution in [1.29, 1.82) is 10.5 Å². The summed E-state index contributed by atoms with van der Waals surface area (Å²) >= 11 is 0.397. The van der Waals surface area contributed by atoms with E-state index in [9.17, 15) is 28.5 Å². The number of nitrogens with zero attached hydrogens (tertiary/aromatic N) is 3. The number of carbonyl (C=O) groups excluding carboxylic acids is 1. The van der Waals surface area contributed by atoms with Gasteiger partial charge in [-0.25, -0.2) is 4.98 Å². The van der Waals surface area contributed by atoms with Crippen molar-refractivity contribution in [2.24, 2.45) is 0 Å². The van der Waals surface area contributed by atoms with Crippen LogP contribution >= 0.6 is 11.8 Å². The Morgan fingerprint density at radius 1 is 1.10 bits per heavy atom. The molecule has 0 atom stereocenters. The number of anilines is 1. The van der Waals surface area contributed by atoms with Gasteiger partial charge >= 0.3 is 6.18 Å². The van der Waals surface area contributed by atoms with Gasteiger partial charge in [-0.2, -0.15) is 23.7 Å². The van der Waals surface area contributed by atoms with Crippen LogP contribution in [0, 0.1) is 22.7 Å². The van der Waals surface area contributed by atoms with E-state index in [-0.39, 0.29) is 50.3 Å². The zero-order valence-electron chi connectivity index (χ0n) is 16.5. The van der Waals surface area contributed by atoms with Crippen LogP contribution in [0.4, 0.5) is 19.0 Å². The van der Waals surface area contributed by atoms with E-state index in [2.05, 4.69) is 4.98 Å². The summed E-state index contributed by atoms with van der Waals surface area (Å²) in [6.07, 6.45) is -5.03. The maximum absolute atomic E-state index is 12.6. The van der Waals surface area contributed by atoms with Crippen molar-refractivity contribution < 1.29 is 32.2 Å². The monoisotopic (exact) mass is 452 g/mol. The number of halogens is 3. The minimum absolute atomic E-state index is 0.0127. The third-order valence-corrected chi connectivity index (χ3v) is 5.00. The second-order valence-corrected chi connectivity index (χ2v) is 6.74. The van der Waals surface area contributed by atoms with Gasteiger partial charge in [0.05, 0.1) is 32.6 Å². The molecule has 2 rings (SSSR count). The van der Waals surface area contributed by atoms with Crippen LogP contribution in [-0.4, -0.2) is 44.0 Å². The summed E-state index contributed by atoms with van der Waals surface area (Å²) in [6.45, 7) is 0. The molecule has 162 valence electrons. The fourth-order valence-electron chi connectivity index (χ4n) is 2.63. The van der Waals surface area contributed by atoms with Crippen LogP contribution in [-0.2, 0) is 4.79 Å². The lowest BCUT2D eigenvalue weighted by Gasteiger charge is -2.17. The van der Waals surface area contributed by atoms with Crippen molar-refractivity contribution in [3.63, 3.8) is 0 Å². The quantitative estimate of drug-likeness (QED) is 0.628. The van der Waals surface area contributed by atoms with Crippen LogP contribution in [0.5, 0.6) is 17.2 Å². The molecule has 0 amide bonds. The van der Waals surface area contributed by atoms with E-state index in [0.29, 0.717) is 11.8 Å². The summed E-state index contributed by atoms with van der Waals surface area (Å²) in [5.41, 5.74) is 5.70. The van der Waals surface area contributed by atoms with Crippen LogP contribution in [0.25, 0.3) is 11.1 Å². The fourth-order valence-corrected chi connectivity index (χ4v) is 3.52. The van der Waals surface area contributed by atoms with E-state index in [1.54, 1.807) is 0 Å². The Bertz CT molecular complexity index is 1080. The van der Waals surface area contributed by atoms with E-state index >= 15 is 0 Å². The number of benzene rings is 1. The number of aromatic nitrogens is 1. The van der Waals surface area contributed by atoms with Crippen LogP contribution in [0.1, 0.15) is 11.1 Å². The number of carbonyl (C=O) groups is 1. The van der Waals surface area contributed by atoms with Crippen molar-refractivity contribution >= 4 is 23.4 Å². The van der Waals surface area contributed by atoms with Crippen molar-refractivity contribution in [2.45, 2.75) is 11.2 Å². The SMILES string of the molecule is COc1cc(-c2c(C#N)c(N)nc(SCC(=O)C(F)(F)F)c2C#N)cc(OC)c1OC. The van der Waals surface area contributed by atoms with E-state index in [1.807, 2.05) is 12.1 Å². The summed E-state index contributed by atoms with van der Waals surface area (Å²) in [4.78, 5) is 15.1. The third-order valence-electron chi connectivity index (χ3n) is 4.03. The minimum Gasteiger partial charge on any atom is -0.493 e. The van der Waals surface area contributed by atoms with E-state index in [0.717, 1.165) is 0 Å². The van der Waals surface area contributed by atoms with Crippen molar-refractivity contribution in [3.8, 4) is 40.5 Å². The van der Waals surface area contributed by atoms with Gasteiger partial charge in [0.1, 0.15) is 28.5 Å². The highest BCUT2D eigenvalue weighted by molar-refractivity contribution is 8.00. The average molecular weight is 452 g/mol. The van der Waals surface area contributed by atoms with Crippen molar-refractivity contribution in [1.82, 2.24) is 4.98 Å². The lowest BCUT2D eigenvalue weighted by molar-refractivity contribution is -0.167. The van der Waals surface area contributed by atoms with Gasteiger partial charge in [-0.05, 0) is 17.7 Å². The van der Waals surface area contributed by atoms with Crippen LogP contribution in [0.15, 0.2) is 17.2 Å². The standard InChI is InChI=1S/C19H15F3N4O4S/c1-28-12-4-9(5-13(29-2)16(12)30-3)15-10(6-23)17(25)26-18(11(15)7-24)31-8-14(27)19(20,21)22/h4-5H,8H2,1-3H3,(H2,25,26). The van der Waals surface area contributed by atoms with Crippen LogP contribution in [0.2, 0.25) is 0 Å². The molecule has 1 aromatic heterocycles. The number of nitrogens with two attached hydrogens (primary N) is 1. The molecule has 2 aromatic rings. The number of methoxy groups -OCH3 is 3.